The van der Waals surface area contributed by atoms with Crippen LogP contribution in [0.1, 0.15) is 19.4 Å². The van der Waals surface area contributed by atoms with E-state index in [0.29, 0.717) is 5.91 Å². The molecule has 0 saturated carbocycles. The predicted molar refractivity (Wildman–Crippen MR) is 91.1 cm³/mol. The molecule has 3 rings (SSSR count). The second-order valence-corrected chi connectivity index (χ2v) is 6.83. The van der Waals surface area contributed by atoms with E-state index in [9.17, 15) is 4.79 Å². The van der Waals surface area contributed by atoms with E-state index >= 15 is 0 Å². The largest absolute Gasteiger partial charge is 0.339 e. The highest BCUT2D eigenvalue weighted by atomic mass is 35.5. The summed E-state index contributed by atoms with van der Waals surface area (Å²) in [6, 6.07) is 10.6. The zero-order chi connectivity index (χ0) is 14.9. The average molecular weight is 324 g/mol. The first-order chi connectivity index (χ1) is 10.1. The van der Waals surface area contributed by atoms with Crippen molar-refractivity contribution in [1.82, 2.24) is 15.1 Å². The Balaban J connectivity index is 0.00000176. The molecule has 0 bridgehead atoms. The molecule has 0 radical (unpaired) electrons. The summed E-state index contributed by atoms with van der Waals surface area (Å²) in [5, 5.41) is 3.19. The van der Waals surface area contributed by atoms with E-state index in [1.807, 2.05) is 0 Å². The number of hydrogen-bond acceptors (Lipinski definition) is 3. The van der Waals surface area contributed by atoms with Crippen molar-refractivity contribution in [2.75, 3.05) is 32.7 Å². The number of amides is 1. The smallest absolute Gasteiger partial charge is 0.228 e. The summed E-state index contributed by atoms with van der Waals surface area (Å²) in [6.07, 6.45) is 0. The Hall–Kier alpha value is -1.10. The third kappa shape index (κ3) is 3.62. The topological polar surface area (TPSA) is 35.6 Å². The second-order valence-electron chi connectivity index (χ2n) is 6.83. The summed E-state index contributed by atoms with van der Waals surface area (Å²) >= 11 is 0. The molecule has 1 amide bonds. The van der Waals surface area contributed by atoms with Crippen molar-refractivity contribution in [3.05, 3.63) is 35.9 Å². The van der Waals surface area contributed by atoms with Crippen molar-refractivity contribution in [3.8, 4) is 0 Å². The van der Waals surface area contributed by atoms with Crippen molar-refractivity contribution in [2.24, 2.45) is 5.92 Å². The predicted octanol–water partition coefficient (Wildman–Crippen LogP) is 1.75. The summed E-state index contributed by atoms with van der Waals surface area (Å²) in [5.74, 6) is 0.544. The van der Waals surface area contributed by atoms with Crippen LogP contribution in [0.3, 0.4) is 0 Å². The van der Waals surface area contributed by atoms with Gasteiger partial charge in [-0.2, -0.15) is 0 Å². The number of rotatable bonds is 3. The van der Waals surface area contributed by atoms with E-state index in [0.717, 1.165) is 39.3 Å². The molecule has 2 aliphatic heterocycles. The maximum atomic E-state index is 12.4. The van der Waals surface area contributed by atoms with Crippen LogP contribution in [0.15, 0.2) is 30.3 Å². The molecule has 122 valence electrons. The molecule has 2 saturated heterocycles. The first-order valence-electron chi connectivity index (χ1n) is 7.85. The lowest BCUT2D eigenvalue weighted by Gasteiger charge is -2.48. The molecule has 1 aromatic rings. The number of benzene rings is 1. The number of carbonyl (C=O) groups excluding carboxylic acids is 1. The molecule has 1 N–H and O–H groups in total. The number of piperazine rings is 1. The molecule has 2 aliphatic rings. The van der Waals surface area contributed by atoms with Crippen LogP contribution in [0, 0.1) is 5.92 Å². The first-order valence-corrected chi connectivity index (χ1v) is 7.85. The van der Waals surface area contributed by atoms with E-state index in [2.05, 4.69) is 59.3 Å². The molecule has 22 heavy (non-hydrogen) atoms. The van der Waals surface area contributed by atoms with E-state index in [4.69, 9.17) is 0 Å². The average Bonchev–Trinajstić information content (AvgIpc) is 2.40. The minimum atomic E-state index is 0. The van der Waals surface area contributed by atoms with Crippen LogP contribution >= 0.6 is 12.4 Å². The lowest BCUT2D eigenvalue weighted by molar-refractivity contribution is -0.142. The van der Waals surface area contributed by atoms with Gasteiger partial charge in [0.05, 0.1) is 5.92 Å². The SMILES string of the molecule is CC1(C)CN(C(=O)C2CNC2)CCN1Cc1ccccc1.Cl. The van der Waals surface area contributed by atoms with Gasteiger partial charge in [0, 0.05) is 44.8 Å². The first kappa shape index (κ1) is 17.3. The van der Waals surface area contributed by atoms with Gasteiger partial charge in [0.1, 0.15) is 0 Å². The lowest BCUT2D eigenvalue weighted by Crippen LogP contribution is -2.62. The van der Waals surface area contributed by atoms with Gasteiger partial charge in [-0.15, -0.1) is 12.4 Å². The third-order valence-corrected chi connectivity index (χ3v) is 4.73. The van der Waals surface area contributed by atoms with Crippen LogP contribution < -0.4 is 5.32 Å². The van der Waals surface area contributed by atoms with Gasteiger partial charge >= 0.3 is 0 Å². The Labute approximate surface area is 139 Å². The van der Waals surface area contributed by atoms with Crippen molar-refractivity contribution >= 4 is 18.3 Å². The summed E-state index contributed by atoms with van der Waals surface area (Å²) in [6.45, 7) is 9.78. The van der Waals surface area contributed by atoms with Gasteiger partial charge in [0.25, 0.3) is 0 Å². The molecule has 0 unspecified atom stereocenters. The minimum Gasteiger partial charge on any atom is -0.339 e. The van der Waals surface area contributed by atoms with Crippen LogP contribution in [0.5, 0.6) is 0 Å². The van der Waals surface area contributed by atoms with E-state index in [-0.39, 0.29) is 23.9 Å². The highest BCUT2D eigenvalue weighted by Crippen LogP contribution is 2.24. The quantitative estimate of drug-likeness (QED) is 0.920. The molecule has 0 aromatic heterocycles. The van der Waals surface area contributed by atoms with Gasteiger partial charge in [0.2, 0.25) is 5.91 Å². The molecule has 2 heterocycles. The summed E-state index contributed by atoms with van der Waals surface area (Å²) in [7, 11) is 0. The van der Waals surface area contributed by atoms with Crippen LogP contribution in [0.2, 0.25) is 0 Å². The molecule has 5 heteroatoms. The molecule has 0 atom stereocenters. The molecule has 0 aliphatic carbocycles. The minimum absolute atomic E-state index is 0. The molecule has 0 spiro atoms. The van der Waals surface area contributed by atoms with Crippen LogP contribution in [0.25, 0.3) is 0 Å². The van der Waals surface area contributed by atoms with Crippen LogP contribution in [-0.2, 0) is 11.3 Å². The van der Waals surface area contributed by atoms with Gasteiger partial charge < -0.3 is 10.2 Å². The van der Waals surface area contributed by atoms with E-state index < -0.39 is 0 Å². The summed E-state index contributed by atoms with van der Waals surface area (Å²) in [5.41, 5.74) is 1.37. The number of hydrogen-bond donors (Lipinski definition) is 1. The Bertz CT molecular complexity index is 502. The van der Waals surface area contributed by atoms with Crippen LogP contribution in [0.4, 0.5) is 0 Å². The van der Waals surface area contributed by atoms with E-state index in [1.165, 1.54) is 5.56 Å². The number of nitrogens with zero attached hydrogens (tertiary/aromatic N) is 2. The van der Waals surface area contributed by atoms with Crippen molar-refractivity contribution in [3.63, 3.8) is 0 Å². The summed E-state index contributed by atoms with van der Waals surface area (Å²) in [4.78, 5) is 17.0. The van der Waals surface area contributed by atoms with E-state index in [1.54, 1.807) is 0 Å². The molecular formula is C17H26ClN3O. The molecular weight excluding hydrogens is 298 g/mol. The number of carbonyl (C=O) groups is 1. The Kier molecular flexibility index (Phi) is 5.48. The fourth-order valence-electron chi connectivity index (χ4n) is 3.20. The maximum Gasteiger partial charge on any atom is 0.228 e. The van der Waals surface area contributed by atoms with Gasteiger partial charge in [-0.1, -0.05) is 30.3 Å². The Morgan fingerprint density at radius 3 is 2.45 bits per heavy atom. The molecule has 4 nitrogen and oxygen atoms in total. The third-order valence-electron chi connectivity index (χ3n) is 4.73. The van der Waals surface area contributed by atoms with Gasteiger partial charge in [-0.05, 0) is 19.4 Å². The van der Waals surface area contributed by atoms with Gasteiger partial charge in [-0.3, -0.25) is 9.69 Å². The normalized spacial score (nSPS) is 21.8. The number of halogens is 1. The Morgan fingerprint density at radius 2 is 1.91 bits per heavy atom. The maximum absolute atomic E-state index is 12.4. The van der Waals surface area contributed by atoms with Crippen LogP contribution in [-0.4, -0.2) is 54.0 Å². The van der Waals surface area contributed by atoms with Crippen molar-refractivity contribution < 1.29 is 4.79 Å². The second kappa shape index (κ2) is 6.99. The standard InChI is InChI=1S/C17H25N3O.ClH/c1-17(2)13-19(16(21)15-10-18-11-15)8-9-20(17)12-14-6-4-3-5-7-14;/h3-7,15,18H,8-13H2,1-2H3;1H. The highest BCUT2D eigenvalue weighted by molar-refractivity contribution is 5.85. The fraction of sp³-hybridized carbons (Fsp3) is 0.588. The monoisotopic (exact) mass is 323 g/mol. The lowest BCUT2D eigenvalue weighted by atomic mass is 9.95. The fourth-order valence-corrected chi connectivity index (χ4v) is 3.20. The van der Waals surface area contributed by atoms with Crippen molar-refractivity contribution in [2.45, 2.75) is 25.9 Å². The number of nitrogens with one attached hydrogen (secondary N) is 1. The van der Waals surface area contributed by atoms with Gasteiger partial charge in [-0.25, -0.2) is 0 Å². The summed E-state index contributed by atoms with van der Waals surface area (Å²) < 4.78 is 0. The molecule has 1 aromatic carbocycles. The zero-order valence-electron chi connectivity index (χ0n) is 13.4. The van der Waals surface area contributed by atoms with Crippen molar-refractivity contribution in [1.29, 1.82) is 0 Å². The molecule has 2 fully saturated rings. The zero-order valence-corrected chi connectivity index (χ0v) is 14.2. The highest BCUT2D eigenvalue weighted by Gasteiger charge is 2.38. The van der Waals surface area contributed by atoms with Gasteiger partial charge in [0.15, 0.2) is 0 Å². The Morgan fingerprint density at radius 1 is 1.23 bits per heavy atom.